The lowest BCUT2D eigenvalue weighted by molar-refractivity contribution is -0.928. The summed E-state index contributed by atoms with van der Waals surface area (Å²) in [7, 11) is 2.46. The monoisotopic (exact) mass is 705 g/mol. The second-order valence-corrected chi connectivity index (χ2v) is 16.9. The van der Waals surface area contributed by atoms with Crippen molar-refractivity contribution in [1.82, 2.24) is 0 Å². The van der Waals surface area contributed by atoms with E-state index in [1.165, 1.54) is 251 Å². The normalized spacial score (nSPS) is 13.8. The second-order valence-electron chi connectivity index (χ2n) is 16.9. The van der Waals surface area contributed by atoms with Gasteiger partial charge < -0.3 is 9.59 Å². The molecule has 0 saturated carbocycles. The Balaban J connectivity index is 4.39. The lowest BCUT2D eigenvalue weighted by atomic mass is 10.00. The van der Waals surface area contributed by atoms with Gasteiger partial charge in [-0.3, -0.25) is 0 Å². The molecular weight excluding hydrogens is 607 g/mol. The van der Waals surface area contributed by atoms with Crippen LogP contribution in [0.25, 0.3) is 0 Å². The Hall–Kier alpha value is -0.340. The minimum Gasteiger partial charge on any atom is -0.391 e. The Labute approximate surface area is 318 Å². The number of quaternary nitrogens is 1. The van der Waals surface area contributed by atoms with Crippen LogP contribution in [0, 0.1) is 0 Å². The summed E-state index contributed by atoms with van der Waals surface area (Å²) in [6, 6.07) is 0.566. The third-order valence-electron chi connectivity index (χ3n) is 11.9. The van der Waals surface area contributed by atoms with Crippen molar-refractivity contribution in [3.8, 4) is 0 Å². The first-order chi connectivity index (χ1) is 24.6. The minimum atomic E-state index is 0.315. The standard InChI is InChI=1S/C48H98NO/c1-5-8-11-14-17-20-22-24-26-27-29-31-33-36-39-42-45-49(4,46-47-50)48(43-40-37-34-19-16-13-10-7-3)44-41-38-35-32-30-28-25-23-21-18-15-12-9-6-2/h40,43,48,50H,5-39,41-42,44-47H2,1-4H3/q+1/b43-40-. The van der Waals surface area contributed by atoms with Crippen molar-refractivity contribution in [2.24, 2.45) is 0 Å². The molecule has 0 fully saturated rings. The van der Waals surface area contributed by atoms with Crippen molar-refractivity contribution in [2.75, 3.05) is 26.7 Å². The van der Waals surface area contributed by atoms with Crippen LogP contribution in [-0.4, -0.2) is 42.4 Å². The van der Waals surface area contributed by atoms with Gasteiger partial charge in [0.25, 0.3) is 0 Å². The largest absolute Gasteiger partial charge is 0.391 e. The summed E-state index contributed by atoms with van der Waals surface area (Å²) in [6.07, 6.45) is 58.7. The third kappa shape index (κ3) is 34.7. The van der Waals surface area contributed by atoms with Crippen LogP contribution in [0.3, 0.4) is 0 Å². The number of hydrogen-bond acceptors (Lipinski definition) is 1. The van der Waals surface area contributed by atoms with Crippen LogP contribution in [0.15, 0.2) is 12.2 Å². The van der Waals surface area contributed by atoms with E-state index < -0.39 is 0 Å². The molecule has 2 atom stereocenters. The molecule has 300 valence electrons. The van der Waals surface area contributed by atoms with Gasteiger partial charge in [-0.05, 0) is 38.2 Å². The highest BCUT2D eigenvalue weighted by Gasteiger charge is 2.29. The van der Waals surface area contributed by atoms with Gasteiger partial charge in [0, 0.05) is 6.42 Å². The van der Waals surface area contributed by atoms with E-state index in [-0.39, 0.29) is 0 Å². The van der Waals surface area contributed by atoms with Gasteiger partial charge in [-0.2, -0.15) is 0 Å². The summed E-state index contributed by atoms with van der Waals surface area (Å²) < 4.78 is 1.04. The van der Waals surface area contributed by atoms with E-state index in [9.17, 15) is 5.11 Å². The van der Waals surface area contributed by atoms with Crippen LogP contribution >= 0.6 is 0 Å². The topological polar surface area (TPSA) is 20.2 Å². The van der Waals surface area contributed by atoms with Gasteiger partial charge in [-0.15, -0.1) is 0 Å². The van der Waals surface area contributed by atoms with E-state index in [0.29, 0.717) is 12.6 Å². The summed E-state index contributed by atoms with van der Waals surface area (Å²) in [6.45, 7) is 9.37. The number of likely N-dealkylation sites (N-methyl/N-ethyl adjacent to an activating group) is 1. The van der Waals surface area contributed by atoms with E-state index in [0.717, 1.165) is 11.0 Å². The fraction of sp³-hybridized carbons (Fsp3) is 0.958. The van der Waals surface area contributed by atoms with Gasteiger partial charge in [0.05, 0.1) is 20.2 Å². The minimum absolute atomic E-state index is 0.315. The Morgan fingerprint density at radius 2 is 0.680 bits per heavy atom. The average Bonchev–Trinajstić information content (AvgIpc) is 3.11. The quantitative estimate of drug-likeness (QED) is 0.0380. The van der Waals surface area contributed by atoms with Crippen molar-refractivity contribution < 1.29 is 9.59 Å². The van der Waals surface area contributed by atoms with Crippen LogP contribution in [0.5, 0.6) is 0 Å². The summed E-state index contributed by atoms with van der Waals surface area (Å²) >= 11 is 0. The SMILES string of the molecule is CCCCCCCC/C=C\C(CCCCCCCCCCCCCCCC)[N+](C)(CCO)CCCCCCCCCCCCCCCCCC. The number of rotatable bonds is 43. The summed E-state index contributed by atoms with van der Waals surface area (Å²) in [5.74, 6) is 0. The van der Waals surface area contributed by atoms with Crippen LogP contribution in [0.1, 0.15) is 265 Å². The lowest BCUT2D eigenvalue weighted by Gasteiger charge is -2.40. The van der Waals surface area contributed by atoms with Crippen molar-refractivity contribution in [2.45, 2.75) is 271 Å². The number of hydrogen-bond donors (Lipinski definition) is 1. The van der Waals surface area contributed by atoms with Crippen molar-refractivity contribution in [1.29, 1.82) is 0 Å². The van der Waals surface area contributed by atoms with Crippen molar-refractivity contribution in [3.63, 3.8) is 0 Å². The highest BCUT2D eigenvalue weighted by atomic mass is 16.3. The molecule has 0 heterocycles. The smallest absolute Gasteiger partial charge is 0.107 e. The van der Waals surface area contributed by atoms with Crippen LogP contribution < -0.4 is 0 Å². The number of unbranched alkanes of at least 4 members (excludes halogenated alkanes) is 34. The number of nitrogens with zero attached hydrogens (tertiary/aromatic N) is 1. The van der Waals surface area contributed by atoms with Gasteiger partial charge in [0.15, 0.2) is 0 Å². The molecule has 0 rings (SSSR count). The summed E-state index contributed by atoms with van der Waals surface area (Å²) in [5.41, 5.74) is 0. The van der Waals surface area contributed by atoms with Crippen LogP contribution in [0.2, 0.25) is 0 Å². The number of aliphatic hydroxyl groups is 1. The highest BCUT2D eigenvalue weighted by Crippen LogP contribution is 2.23. The van der Waals surface area contributed by atoms with Gasteiger partial charge in [-0.1, -0.05) is 232 Å². The van der Waals surface area contributed by atoms with E-state index in [2.05, 4.69) is 40.0 Å². The van der Waals surface area contributed by atoms with Crippen LogP contribution in [-0.2, 0) is 0 Å². The van der Waals surface area contributed by atoms with Crippen LogP contribution in [0.4, 0.5) is 0 Å². The van der Waals surface area contributed by atoms with Gasteiger partial charge in [0.2, 0.25) is 0 Å². The molecule has 0 spiro atoms. The maximum absolute atomic E-state index is 10.2. The van der Waals surface area contributed by atoms with E-state index >= 15 is 0 Å². The highest BCUT2D eigenvalue weighted by molar-refractivity contribution is 4.90. The first-order valence-electron chi connectivity index (χ1n) is 23.8. The van der Waals surface area contributed by atoms with Gasteiger partial charge in [-0.25, -0.2) is 0 Å². The Morgan fingerprint density at radius 1 is 0.380 bits per heavy atom. The predicted molar refractivity (Wildman–Crippen MR) is 228 cm³/mol. The second kappa shape index (κ2) is 41.4. The molecular formula is C48H98NO+. The molecule has 2 heteroatoms. The fourth-order valence-electron chi connectivity index (χ4n) is 8.15. The number of allylic oxidation sites excluding steroid dienone is 1. The molecule has 0 aliphatic heterocycles. The van der Waals surface area contributed by atoms with E-state index in [1.807, 2.05) is 0 Å². The molecule has 0 aromatic rings. The zero-order chi connectivity index (χ0) is 36.5. The first kappa shape index (κ1) is 49.7. The molecule has 0 aromatic carbocycles. The molecule has 0 saturated heterocycles. The van der Waals surface area contributed by atoms with Crippen molar-refractivity contribution in [3.05, 3.63) is 12.2 Å². The first-order valence-corrected chi connectivity index (χ1v) is 23.8. The zero-order valence-electron chi connectivity index (χ0n) is 35.6. The van der Waals surface area contributed by atoms with Crippen molar-refractivity contribution >= 4 is 0 Å². The molecule has 0 aliphatic rings. The molecule has 0 bridgehead atoms. The third-order valence-corrected chi connectivity index (χ3v) is 11.9. The molecule has 0 aliphatic carbocycles. The molecule has 50 heavy (non-hydrogen) atoms. The fourth-order valence-corrected chi connectivity index (χ4v) is 8.15. The average molecular weight is 705 g/mol. The zero-order valence-corrected chi connectivity index (χ0v) is 35.6. The molecule has 2 nitrogen and oxygen atoms in total. The van der Waals surface area contributed by atoms with Gasteiger partial charge in [0.1, 0.15) is 12.6 Å². The summed E-state index contributed by atoms with van der Waals surface area (Å²) in [5, 5.41) is 10.2. The molecule has 0 amide bonds. The molecule has 0 aromatic heterocycles. The Kier molecular flexibility index (Phi) is 41.1. The molecule has 2 unspecified atom stereocenters. The Bertz CT molecular complexity index is 646. The molecule has 0 radical (unpaired) electrons. The van der Waals surface area contributed by atoms with E-state index in [4.69, 9.17) is 0 Å². The van der Waals surface area contributed by atoms with Gasteiger partial charge >= 0.3 is 0 Å². The Morgan fingerprint density at radius 3 is 1.02 bits per heavy atom. The predicted octanol–water partition coefficient (Wildman–Crippen LogP) is 16.2. The lowest BCUT2D eigenvalue weighted by Crippen LogP contribution is -2.53. The molecule has 1 N–H and O–H groups in total. The summed E-state index contributed by atoms with van der Waals surface area (Å²) in [4.78, 5) is 0. The number of aliphatic hydroxyl groups excluding tert-OH is 1. The maximum Gasteiger partial charge on any atom is 0.107 e. The van der Waals surface area contributed by atoms with E-state index in [1.54, 1.807) is 0 Å². The maximum atomic E-state index is 10.2.